The van der Waals surface area contributed by atoms with E-state index in [2.05, 4.69) is 13.2 Å². The van der Waals surface area contributed by atoms with Gasteiger partial charge in [0.15, 0.2) is 0 Å². The van der Waals surface area contributed by atoms with Crippen LogP contribution in [0.15, 0.2) is 49.6 Å². The predicted octanol–water partition coefficient (Wildman–Crippen LogP) is 8.77. The van der Waals surface area contributed by atoms with Crippen LogP contribution in [0.3, 0.4) is 0 Å². The van der Waals surface area contributed by atoms with Crippen LogP contribution in [0.4, 0.5) is 0 Å². The number of hydrogen-bond acceptors (Lipinski definition) is 16. The maximum Gasteiger partial charge on any atom is 0.330 e. The molecule has 2 aromatic rings. The number of esters is 8. The third kappa shape index (κ3) is 15.9. The molecule has 0 heterocycles. The molecule has 0 amide bonds. The Kier molecular flexibility index (Phi) is 21.2. The first-order valence-corrected chi connectivity index (χ1v) is 24.6. The van der Waals surface area contributed by atoms with Crippen molar-refractivity contribution in [3.63, 3.8) is 0 Å². The summed E-state index contributed by atoms with van der Waals surface area (Å²) in [6, 6.07) is 6.47. The average molecular weight is 973 g/mol. The lowest BCUT2D eigenvalue weighted by molar-refractivity contribution is -0.152. The van der Waals surface area contributed by atoms with Crippen LogP contribution in [0, 0.1) is 63.2 Å². The zero-order valence-electron chi connectivity index (χ0n) is 41.0. The minimum Gasteiger partial charge on any atom is -0.465 e. The quantitative estimate of drug-likeness (QED) is 0.0355. The highest BCUT2D eigenvalue weighted by molar-refractivity contribution is 5.82. The number of carbonyl (C=O) groups excluding carboxylic acids is 8. The molecule has 70 heavy (non-hydrogen) atoms. The van der Waals surface area contributed by atoms with Gasteiger partial charge in [-0.3, -0.25) is 28.8 Å². The molecule has 3 fully saturated rings. The van der Waals surface area contributed by atoms with Gasteiger partial charge in [-0.1, -0.05) is 13.2 Å². The summed E-state index contributed by atoms with van der Waals surface area (Å²) in [5.74, 6) is -3.78. The van der Waals surface area contributed by atoms with Gasteiger partial charge in [-0.2, -0.15) is 0 Å². The second kappa shape index (κ2) is 27.2. The Bertz CT molecular complexity index is 2060. The molecule has 0 aliphatic heterocycles. The van der Waals surface area contributed by atoms with Gasteiger partial charge < -0.3 is 37.9 Å². The third-order valence-corrected chi connectivity index (χ3v) is 13.8. The lowest BCUT2D eigenvalue weighted by Crippen LogP contribution is -2.31. The predicted molar refractivity (Wildman–Crippen MR) is 253 cm³/mol. The molecule has 16 nitrogen and oxygen atoms in total. The second-order valence-corrected chi connectivity index (χ2v) is 18.4. The van der Waals surface area contributed by atoms with E-state index in [1.165, 1.54) is 0 Å². The van der Waals surface area contributed by atoms with E-state index < -0.39 is 35.7 Å². The van der Waals surface area contributed by atoms with Gasteiger partial charge in [0, 0.05) is 12.2 Å². The number of unbranched alkanes of at least 4 members (excludes halogenated alkanes) is 2. The lowest BCUT2D eigenvalue weighted by atomic mass is 9.82. The van der Waals surface area contributed by atoms with Gasteiger partial charge in [0.1, 0.15) is 23.0 Å². The van der Waals surface area contributed by atoms with E-state index in [4.69, 9.17) is 37.9 Å². The average Bonchev–Trinajstić information content (AvgIpc) is 3.37. The number of benzene rings is 2. The summed E-state index contributed by atoms with van der Waals surface area (Å²) in [6.45, 7) is 14.8. The molecule has 3 saturated carbocycles. The maximum absolute atomic E-state index is 13.3. The number of rotatable bonds is 22. The van der Waals surface area contributed by atoms with Crippen LogP contribution >= 0.6 is 0 Å². The summed E-state index contributed by atoms with van der Waals surface area (Å²) in [5, 5.41) is 0. The van der Waals surface area contributed by atoms with Gasteiger partial charge >= 0.3 is 47.8 Å². The summed E-state index contributed by atoms with van der Waals surface area (Å²) in [7, 11) is 0. The van der Waals surface area contributed by atoms with E-state index in [0.29, 0.717) is 148 Å². The molecule has 2 aromatic carbocycles. The summed E-state index contributed by atoms with van der Waals surface area (Å²) in [5.41, 5.74) is 2.64. The highest BCUT2D eigenvalue weighted by atomic mass is 16.6. The van der Waals surface area contributed by atoms with Gasteiger partial charge in [-0.25, -0.2) is 9.59 Å². The number of ether oxygens (including phenoxy) is 8. The van der Waals surface area contributed by atoms with Crippen molar-refractivity contribution in [3.05, 3.63) is 71.8 Å². The van der Waals surface area contributed by atoms with Crippen LogP contribution in [-0.2, 0) is 57.3 Å². The highest BCUT2D eigenvalue weighted by Crippen LogP contribution is 2.38. The standard InChI is InChI=1S/C54H68O16/c1-7-47(55)63-29-9-11-31-65-49(57)37-13-17-39(18-14-37)51(59)67-43-25-27-45(35(5)33(43)3)69-53(61)41-21-23-42(24-22-41)54(62)70-46-28-26-44(34(4)36(46)6)68-52(60)40-19-15-38(16-20-40)50(58)66-32-12-10-30-64-48(56)8-2/h7-8,25-28,37-42H,1-2,9-24,29-32H2,3-6H3. The Morgan fingerprint density at radius 3 is 0.786 bits per heavy atom. The fourth-order valence-corrected chi connectivity index (χ4v) is 8.90. The summed E-state index contributed by atoms with van der Waals surface area (Å²) < 4.78 is 44.0. The molecule has 16 heteroatoms. The number of hydrogen-bond donors (Lipinski definition) is 0. The molecule has 0 unspecified atom stereocenters. The summed E-state index contributed by atoms with van der Waals surface area (Å²) in [4.78, 5) is 100. The Labute approximate surface area is 410 Å². The lowest BCUT2D eigenvalue weighted by Gasteiger charge is -2.27. The first kappa shape index (κ1) is 54.6. The van der Waals surface area contributed by atoms with Crippen LogP contribution in [0.25, 0.3) is 0 Å². The van der Waals surface area contributed by atoms with Crippen LogP contribution in [0.5, 0.6) is 23.0 Å². The van der Waals surface area contributed by atoms with Crippen molar-refractivity contribution in [1.29, 1.82) is 0 Å². The van der Waals surface area contributed by atoms with E-state index in [1.807, 2.05) is 0 Å². The molecule has 3 aliphatic rings. The topological polar surface area (TPSA) is 210 Å². The fourth-order valence-electron chi connectivity index (χ4n) is 8.90. The smallest absolute Gasteiger partial charge is 0.330 e. The second-order valence-electron chi connectivity index (χ2n) is 18.4. The van der Waals surface area contributed by atoms with E-state index >= 15 is 0 Å². The first-order chi connectivity index (χ1) is 33.6. The fraction of sp³-hybridized carbons (Fsp3) is 0.556. The van der Waals surface area contributed by atoms with Crippen molar-refractivity contribution in [2.24, 2.45) is 35.5 Å². The van der Waals surface area contributed by atoms with Crippen molar-refractivity contribution < 1.29 is 76.3 Å². The molecular formula is C54H68O16. The summed E-state index contributed by atoms with van der Waals surface area (Å²) >= 11 is 0. The van der Waals surface area contributed by atoms with Gasteiger partial charge in [-0.15, -0.1) is 0 Å². The van der Waals surface area contributed by atoms with Crippen LogP contribution in [0.2, 0.25) is 0 Å². The van der Waals surface area contributed by atoms with Crippen LogP contribution < -0.4 is 18.9 Å². The zero-order valence-corrected chi connectivity index (χ0v) is 41.0. The Morgan fingerprint density at radius 1 is 0.371 bits per heavy atom. The normalized spacial score (nSPS) is 20.9. The molecule has 0 spiro atoms. The first-order valence-electron chi connectivity index (χ1n) is 24.6. The molecule has 0 bridgehead atoms. The monoisotopic (exact) mass is 972 g/mol. The Morgan fingerprint density at radius 2 is 0.571 bits per heavy atom. The van der Waals surface area contributed by atoms with E-state index in [9.17, 15) is 38.4 Å². The van der Waals surface area contributed by atoms with Gasteiger partial charge in [0.05, 0.1) is 61.9 Å². The molecule has 0 N–H and O–H groups in total. The zero-order chi connectivity index (χ0) is 50.7. The number of carbonyl (C=O) groups is 8. The summed E-state index contributed by atoms with van der Waals surface area (Å²) in [6.07, 6.45) is 10.2. The van der Waals surface area contributed by atoms with E-state index in [0.717, 1.165) is 12.2 Å². The molecular weight excluding hydrogens is 905 g/mol. The largest absolute Gasteiger partial charge is 0.465 e. The van der Waals surface area contributed by atoms with Gasteiger partial charge in [0.25, 0.3) is 0 Å². The minimum absolute atomic E-state index is 0.230. The van der Waals surface area contributed by atoms with E-state index in [1.54, 1.807) is 52.0 Å². The molecule has 0 atom stereocenters. The van der Waals surface area contributed by atoms with Crippen molar-refractivity contribution in [1.82, 2.24) is 0 Å². The molecule has 5 rings (SSSR count). The Hall–Kier alpha value is -6.32. The highest BCUT2D eigenvalue weighted by Gasteiger charge is 2.35. The van der Waals surface area contributed by atoms with Crippen molar-refractivity contribution in [3.8, 4) is 23.0 Å². The maximum atomic E-state index is 13.3. The molecule has 3 aliphatic carbocycles. The Balaban J connectivity index is 0.994. The van der Waals surface area contributed by atoms with Crippen molar-refractivity contribution >= 4 is 47.8 Å². The third-order valence-electron chi connectivity index (χ3n) is 13.8. The van der Waals surface area contributed by atoms with Crippen LogP contribution in [-0.4, -0.2) is 74.2 Å². The van der Waals surface area contributed by atoms with E-state index in [-0.39, 0.29) is 74.0 Å². The van der Waals surface area contributed by atoms with Gasteiger partial charge in [-0.05, 0) is 177 Å². The SMILES string of the molecule is C=CC(=O)OCCCCOC(=O)C1CCC(C(=O)Oc2ccc(OC(=O)C3CCC(C(=O)Oc4ccc(OC(=O)C5CCC(C(=O)OCCCCOC(=O)C=C)CC5)c(C)c4C)CC3)c(C)c2C)CC1. The van der Waals surface area contributed by atoms with Crippen molar-refractivity contribution in [2.75, 3.05) is 26.4 Å². The molecule has 380 valence electrons. The van der Waals surface area contributed by atoms with Crippen molar-refractivity contribution in [2.45, 2.75) is 130 Å². The minimum atomic E-state index is -0.490. The van der Waals surface area contributed by atoms with Crippen LogP contribution in [0.1, 0.15) is 125 Å². The molecule has 0 aromatic heterocycles. The molecule has 0 saturated heterocycles. The van der Waals surface area contributed by atoms with Gasteiger partial charge in [0.2, 0.25) is 0 Å². The molecule has 0 radical (unpaired) electrons.